The van der Waals surface area contributed by atoms with Gasteiger partial charge in [-0.05, 0) is 25.1 Å². The number of halogens is 2. The number of aromatic nitrogens is 5. The normalized spacial score (nSPS) is 10.7. The van der Waals surface area contributed by atoms with Crippen LogP contribution >= 0.6 is 35.0 Å². The molecule has 0 saturated heterocycles. The van der Waals surface area contributed by atoms with Crippen molar-refractivity contribution >= 4 is 46.6 Å². The van der Waals surface area contributed by atoms with Crippen LogP contribution in [0.15, 0.2) is 41.9 Å². The van der Waals surface area contributed by atoms with Crippen molar-refractivity contribution < 1.29 is 4.79 Å². The van der Waals surface area contributed by atoms with Gasteiger partial charge in [0.05, 0.1) is 11.9 Å². The Morgan fingerprint density at radius 3 is 2.62 bits per heavy atom. The minimum Gasteiger partial charge on any atom is -0.325 e. The molecule has 0 unspecified atom stereocenters. The molecule has 2 aromatic heterocycles. The van der Waals surface area contributed by atoms with E-state index in [4.69, 9.17) is 23.2 Å². The zero-order chi connectivity index (χ0) is 18.5. The van der Waals surface area contributed by atoms with E-state index in [1.165, 1.54) is 11.8 Å². The van der Waals surface area contributed by atoms with Crippen LogP contribution in [0.3, 0.4) is 0 Å². The maximum absolute atomic E-state index is 12.2. The molecule has 0 spiro atoms. The van der Waals surface area contributed by atoms with Crippen molar-refractivity contribution in [1.29, 1.82) is 0 Å². The first kappa shape index (κ1) is 18.6. The molecule has 1 aromatic carbocycles. The third-order valence-corrected chi connectivity index (χ3v) is 4.71. The molecule has 3 aromatic rings. The van der Waals surface area contributed by atoms with Gasteiger partial charge in [0.25, 0.3) is 0 Å². The van der Waals surface area contributed by atoms with Crippen LogP contribution in [0.4, 0.5) is 5.69 Å². The predicted octanol–water partition coefficient (Wildman–Crippen LogP) is 3.79. The molecule has 0 aliphatic carbocycles. The molecule has 0 aliphatic heterocycles. The Morgan fingerprint density at radius 2 is 1.96 bits per heavy atom. The van der Waals surface area contributed by atoms with Crippen molar-refractivity contribution in [1.82, 2.24) is 24.7 Å². The Labute approximate surface area is 164 Å². The fourth-order valence-electron chi connectivity index (χ4n) is 2.24. The van der Waals surface area contributed by atoms with E-state index in [-0.39, 0.29) is 11.7 Å². The number of hydrogen-bond donors (Lipinski definition) is 1. The number of anilines is 1. The van der Waals surface area contributed by atoms with Gasteiger partial charge >= 0.3 is 0 Å². The van der Waals surface area contributed by atoms with Gasteiger partial charge in [0.15, 0.2) is 11.0 Å². The molecular formula is C16H14Cl2N6OS. The van der Waals surface area contributed by atoms with E-state index in [1.807, 2.05) is 11.5 Å². The molecule has 3 rings (SSSR count). The van der Waals surface area contributed by atoms with Gasteiger partial charge in [-0.2, -0.15) is 0 Å². The molecule has 0 saturated carbocycles. The third-order valence-electron chi connectivity index (χ3n) is 3.30. The summed E-state index contributed by atoms with van der Waals surface area (Å²) in [7, 11) is 0. The molecule has 7 nitrogen and oxygen atoms in total. The second-order valence-electron chi connectivity index (χ2n) is 5.14. The first-order chi connectivity index (χ1) is 12.6. The Morgan fingerprint density at radius 1 is 1.19 bits per heavy atom. The molecule has 10 heteroatoms. The zero-order valence-corrected chi connectivity index (χ0v) is 16.0. The number of benzene rings is 1. The van der Waals surface area contributed by atoms with Gasteiger partial charge in [-0.3, -0.25) is 9.78 Å². The molecule has 26 heavy (non-hydrogen) atoms. The number of thioether (sulfide) groups is 1. The molecule has 0 fully saturated rings. The molecule has 0 radical (unpaired) electrons. The lowest BCUT2D eigenvalue weighted by Gasteiger charge is -2.08. The lowest BCUT2D eigenvalue weighted by molar-refractivity contribution is -0.113. The van der Waals surface area contributed by atoms with Crippen LogP contribution < -0.4 is 5.32 Å². The van der Waals surface area contributed by atoms with Crippen molar-refractivity contribution in [2.24, 2.45) is 0 Å². The van der Waals surface area contributed by atoms with E-state index in [0.717, 1.165) is 0 Å². The number of amides is 1. The van der Waals surface area contributed by atoms with Crippen LogP contribution in [0, 0.1) is 0 Å². The molecule has 0 bridgehead atoms. The molecule has 0 atom stereocenters. The number of rotatable bonds is 6. The molecule has 1 amide bonds. The molecular weight excluding hydrogens is 395 g/mol. The van der Waals surface area contributed by atoms with Gasteiger partial charge in [-0.1, -0.05) is 35.0 Å². The molecule has 134 valence electrons. The van der Waals surface area contributed by atoms with Gasteiger partial charge in [0.1, 0.15) is 5.69 Å². The van der Waals surface area contributed by atoms with Crippen LogP contribution in [-0.2, 0) is 11.3 Å². The SMILES string of the molecule is CCn1c(SCC(=O)Nc2cc(Cl)cc(Cl)c2)nnc1-c1cnccn1. The highest BCUT2D eigenvalue weighted by Crippen LogP contribution is 2.24. The van der Waals surface area contributed by atoms with Crippen LogP contribution in [0.2, 0.25) is 10.0 Å². The summed E-state index contributed by atoms with van der Waals surface area (Å²) in [6.45, 7) is 2.62. The largest absolute Gasteiger partial charge is 0.325 e. The minimum atomic E-state index is -0.194. The van der Waals surface area contributed by atoms with Gasteiger partial charge < -0.3 is 9.88 Å². The summed E-state index contributed by atoms with van der Waals surface area (Å²) in [5.41, 5.74) is 1.18. The number of carbonyl (C=O) groups is 1. The lowest BCUT2D eigenvalue weighted by atomic mass is 10.3. The second-order valence-corrected chi connectivity index (χ2v) is 6.95. The summed E-state index contributed by atoms with van der Waals surface area (Å²) >= 11 is 13.2. The van der Waals surface area contributed by atoms with E-state index in [2.05, 4.69) is 25.5 Å². The van der Waals surface area contributed by atoms with Crippen molar-refractivity contribution in [3.05, 3.63) is 46.8 Å². The van der Waals surface area contributed by atoms with E-state index >= 15 is 0 Å². The quantitative estimate of drug-likeness (QED) is 0.624. The van der Waals surface area contributed by atoms with E-state index in [0.29, 0.717) is 39.0 Å². The van der Waals surface area contributed by atoms with Crippen molar-refractivity contribution in [3.8, 4) is 11.5 Å². The van der Waals surface area contributed by atoms with Gasteiger partial charge in [0, 0.05) is 34.7 Å². The summed E-state index contributed by atoms with van der Waals surface area (Å²) < 4.78 is 1.89. The summed E-state index contributed by atoms with van der Waals surface area (Å²) in [5.74, 6) is 0.591. The average Bonchev–Trinajstić information content (AvgIpc) is 3.02. The topological polar surface area (TPSA) is 85.6 Å². The highest BCUT2D eigenvalue weighted by atomic mass is 35.5. The number of nitrogens with zero attached hydrogens (tertiary/aromatic N) is 5. The van der Waals surface area contributed by atoms with Crippen molar-refractivity contribution in [2.75, 3.05) is 11.1 Å². The average molecular weight is 409 g/mol. The van der Waals surface area contributed by atoms with Crippen LogP contribution in [0.1, 0.15) is 6.92 Å². The fourth-order valence-corrected chi connectivity index (χ4v) is 3.57. The Kier molecular flexibility index (Phi) is 6.08. The smallest absolute Gasteiger partial charge is 0.234 e. The first-order valence-electron chi connectivity index (χ1n) is 7.65. The zero-order valence-electron chi connectivity index (χ0n) is 13.7. The van der Waals surface area contributed by atoms with Crippen molar-refractivity contribution in [2.45, 2.75) is 18.6 Å². The number of hydrogen-bond acceptors (Lipinski definition) is 6. The Bertz CT molecular complexity index is 898. The minimum absolute atomic E-state index is 0.169. The van der Waals surface area contributed by atoms with Gasteiger partial charge in [-0.25, -0.2) is 4.98 Å². The van der Waals surface area contributed by atoms with Crippen LogP contribution in [0.25, 0.3) is 11.5 Å². The second kappa shape index (κ2) is 8.48. The Hall–Kier alpha value is -2.16. The van der Waals surface area contributed by atoms with Gasteiger partial charge in [-0.15, -0.1) is 10.2 Å². The summed E-state index contributed by atoms with van der Waals surface area (Å²) in [6.07, 6.45) is 4.82. The maximum Gasteiger partial charge on any atom is 0.234 e. The van der Waals surface area contributed by atoms with Gasteiger partial charge in [0.2, 0.25) is 5.91 Å². The summed E-state index contributed by atoms with van der Waals surface area (Å²) in [5, 5.41) is 12.6. The summed E-state index contributed by atoms with van der Waals surface area (Å²) in [4.78, 5) is 20.5. The number of carbonyl (C=O) groups excluding carboxylic acids is 1. The first-order valence-corrected chi connectivity index (χ1v) is 9.39. The summed E-state index contributed by atoms with van der Waals surface area (Å²) in [6, 6.07) is 4.87. The molecule has 0 aliphatic rings. The van der Waals surface area contributed by atoms with E-state index in [1.54, 1.807) is 36.8 Å². The standard InChI is InChI=1S/C16H14Cl2N6OS/c1-2-24-15(13-8-19-3-4-20-13)22-23-16(24)26-9-14(25)21-12-6-10(17)5-11(18)7-12/h3-8H,2,9H2,1H3,(H,21,25). The molecule has 1 N–H and O–H groups in total. The lowest BCUT2D eigenvalue weighted by Crippen LogP contribution is -2.14. The fraction of sp³-hybridized carbons (Fsp3) is 0.188. The highest BCUT2D eigenvalue weighted by Gasteiger charge is 2.15. The third kappa shape index (κ3) is 4.51. The monoisotopic (exact) mass is 408 g/mol. The van der Waals surface area contributed by atoms with Crippen LogP contribution in [-0.4, -0.2) is 36.4 Å². The Balaban J connectivity index is 1.68. The molecule has 2 heterocycles. The predicted molar refractivity (Wildman–Crippen MR) is 103 cm³/mol. The van der Waals surface area contributed by atoms with Crippen LogP contribution in [0.5, 0.6) is 0 Å². The maximum atomic E-state index is 12.2. The van der Waals surface area contributed by atoms with E-state index < -0.39 is 0 Å². The van der Waals surface area contributed by atoms with E-state index in [9.17, 15) is 4.79 Å². The van der Waals surface area contributed by atoms with Crippen molar-refractivity contribution in [3.63, 3.8) is 0 Å². The highest BCUT2D eigenvalue weighted by molar-refractivity contribution is 7.99. The number of nitrogens with one attached hydrogen (secondary N) is 1.